The number of carbonyl (C=O) groups excluding carboxylic acids is 1. The summed E-state index contributed by atoms with van der Waals surface area (Å²) >= 11 is 6.16. The quantitative estimate of drug-likeness (QED) is 0.470. The number of nitrogens with zero attached hydrogens (tertiary/aromatic N) is 1. The Bertz CT molecular complexity index is 1140. The molecule has 0 saturated heterocycles. The molecule has 0 aliphatic rings. The number of hydrogen-bond donors (Lipinski definition) is 2. The fourth-order valence-electron chi connectivity index (χ4n) is 3.03. The monoisotopic (exact) mass is 473 g/mol. The van der Waals surface area contributed by atoms with Crippen LogP contribution in [0.25, 0.3) is 0 Å². The first-order valence-corrected chi connectivity index (χ1v) is 11.9. The molecule has 0 saturated carbocycles. The van der Waals surface area contributed by atoms with Gasteiger partial charge in [-0.3, -0.25) is 9.78 Å². The second-order valence-corrected chi connectivity index (χ2v) is 9.09. The van der Waals surface area contributed by atoms with Gasteiger partial charge in [-0.1, -0.05) is 48.0 Å². The van der Waals surface area contributed by atoms with Crippen LogP contribution in [0.2, 0.25) is 5.02 Å². The van der Waals surface area contributed by atoms with E-state index in [2.05, 4.69) is 15.0 Å². The molecule has 0 aliphatic heterocycles. The van der Waals surface area contributed by atoms with E-state index in [1.165, 1.54) is 18.2 Å². The van der Waals surface area contributed by atoms with Crippen LogP contribution >= 0.6 is 11.6 Å². The zero-order valence-electron chi connectivity index (χ0n) is 17.5. The minimum absolute atomic E-state index is 0.0518. The van der Waals surface area contributed by atoms with E-state index in [0.717, 1.165) is 11.1 Å². The van der Waals surface area contributed by atoms with Crippen LogP contribution in [-0.4, -0.2) is 32.0 Å². The van der Waals surface area contributed by atoms with Crippen LogP contribution in [0.4, 0.5) is 0 Å². The SMILES string of the molecule is CCOc1ccc(S(=O)(=O)N[C@@H](Cc2ccccc2)C(=O)NCc2cccnc2)cc1Cl. The summed E-state index contributed by atoms with van der Waals surface area (Å²) < 4.78 is 33.9. The van der Waals surface area contributed by atoms with E-state index in [-0.39, 0.29) is 22.9 Å². The second-order valence-electron chi connectivity index (χ2n) is 6.97. The lowest BCUT2D eigenvalue weighted by Gasteiger charge is -2.19. The van der Waals surface area contributed by atoms with Crippen molar-refractivity contribution in [2.45, 2.75) is 30.8 Å². The molecule has 0 spiro atoms. The van der Waals surface area contributed by atoms with E-state index in [1.807, 2.05) is 36.4 Å². The molecule has 9 heteroatoms. The molecule has 0 radical (unpaired) electrons. The van der Waals surface area contributed by atoms with Gasteiger partial charge in [0.05, 0.1) is 16.5 Å². The number of amides is 1. The van der Waals surface area contributed by atoms with Crippen molar-refractivity contribution in [3.05, 3.63) is 89.2 Å². The van der Waals surface area contributed by atoms with E-state index < -0.39 is 22.0 Å². The molecule has 1 heterocycles. The largest absolute Gasteiger partial charge is 0.492 e. The highest BCUT2D eigenvalue weighted by Crippen LogP contribution is 2.27. The molecule has 0 aliphatic carbocycles. The van der Waals surface area contributed by atoms with Crippen LogP contribution in [0.1, 0.15) is 18.1 Å². The third-order valence-corrected chi connectivity index (χ3v) is 6.36. The van der Waals surface area contributed by atoms with Gasteiger partial charge >= 0.3 is 0 Å². The van der Waals surface area contributed by atoms with Crippen LogP contribution in [-0.2, 0) is 27.8 Å². The number of carbonyl (C=O) groups is 1. The van der Waals surface area contributed by atoms with Crippen molar-refractivity contribution in [1.29, 1.82) is 0 Å². The van der Waals surface area contributed by atoms with E-state index in [9.17, 15) is 13.2 Å². The second kappa shape index (κ2) is 11.1. The molecule has 1 amide bonds. The average Bonchev–Trinajstić information content (AvgIpc) is 2.79. The van der Waals surface area contributed by atoms with E-state index in [0.29, 0.717) is 12.4 Å². The Morgan fingerprint density at radius 3 is 2.50 bits per heavy atom. The van der Waals surface area contributed by atoms with Gasteiger partial charge in [-0.2, -0.15) is 4.72 Å². The maximum atomic E-state index is 13.0. The van der Waals surface area contributed by atoms with Gasteiger partial charge in [-0.05, 0) is 48.7 Å². The Hall–Kier alpha value is -2.94. The Labute approximate surface area is 192 Å². The number of aromatic nitrogens is 1. The lowest BCUT2D eigenvalue weighted by Crippen LogP contribution is -2.47. The van der Waals surface area contributed by atoms with Crippen LogP contribution < -0.4 is 14.8 Å². The third-order valence-electron chi connectivity index (χ3n) is 4.60. The standard InChI is InChI=1S/C23H24ClN3O4S/c1-2-31-22-11-10-19(14-20(22)24)32(29,30)27-21(13-17-7-4-3-5-8-17)23(28)26-16-18-9-6-12-25-15-18/h3-12,14-15,21,27H,2,13,16H2,1H3,(H,26,28)/t21-/m0/s1. The summed E-state index contributed by atoms with van der Waals surface area (Å²) in [7, 11) is -4.02. The Kier molecular flexibility index (Phi) is 8.21. The van der Waals surface area contributed by atoms with E-state index >= 15 is 0 Å². The minimum atomic E-state index is -4.02. The first-order chi connectivity index (χ1) is 15.4. The predicted octanol–water partition coefficient (Wildman–Crippen LogP) is 3.34. The minimum Gasteiger partial charge on any atom is -0.492 e. The lowest BCUT2D eigenvalue weighted by molar-refractivity contribution is -0.122. The van der Waals surface area contributed by atoms with Crippen molar-refractivity contribution in [2.75, 3.05) is 6.61 Å². The van der Waals surface area contributed by atoms with Gasteiger partial charge in [0.25, 0.3) is 0 Å². The molecular weight excluding hydrogens is 450 g/mol. The zero-order chi connectivity index (χ0) is 23.0. The maximum Gasteiger partial charge on any atom is 0.241 e. The molecular formula is C23H24ClN3O4S. The molecule has 0 unspecified atom stereocenters. The first-order valence-electron chi connectivity index (χ1n) is 10.0. The summed E-state index contributed by atoms with van der Waals surface area (Å²) in [5.41, 5.74) is 1.63. The van der Waals surface area contributed by atoms with Crippen molar-refractivity contribution in [3.63, 3.8) is 0 Å². The molecule has 1 aromatic heterocycles. The van der Waals surface area contributed by atoms with Gasteiger partial charge in [0.1, 0.15) is 11.8 Å². The predicted molar refractivity (Wildman–Crippen MR) is 123 cm³/mol. The van der Waals surface area contributed by atoms with Crippen LogP contribution in [0.5, 0.6) is 5.75 Å². The van der Waals surface area contributed by atoms with Crippen molar-refractivity contribution in [3.8, 4) is 5.75 Å². The third kappa shape index (κ3) is 6.53. The molecule has 2 N–H and O–H groups in total. The Morgan fingerprint density at radius 1 is 1.09 bits per heavy atom. The summed E-state index contributed by atoms with van der Waals surface area (Å²) in [6, 6.07) is 16.0. The number of hydrogen-bond acceptors (Lipinski definition) is 5. The van der Waals surface area contributed by atoms with Crippen LogP contribution in [0, 0.1) is 0 Å². The summed E-state index contributed by atoms with van der Waals surface area (Å²) in [5, 5.41) is 2.95. The van der Waals surface area contributed by atoms with Crippen molar-refractivity contribution < 1.29 is 17.9 Å². The molecule has 7 nitrogen and oxygen atoms in total. The molecule has 1 atom stereocenters. The fourth-order valence-corrected chi connectivity index (χ4v) is 4.55. The van der Waals surface area contributed by atoms with Crippen LogP contribution in [0.3, 0.4) is 0 Å². The highest BCUT2D eigenvalue weighted by atomic mass is 35.5. The highest BCUT2D eigenvalue weighted by molar-refractivity contribution is 7.89. The topological polar surface area (TPSA) is 97.4 Å². The maximum absolute atomic E-state index is 13.0. The summed E-state index contributed by atoms with van der Waals surface area (Å²) in [6.45, 7) is 2.44. The number of benzene rings is 2. The lowest BCUT2D eigenvalue weighted by atomic mass is 10.1. The van der Waals surface area contributed by atoms with Crippen LogP contribution in [0.15, 0.2) is 78.0 Å². The molecule has 32 heavy (non-hydrogen) atoms. The summed E-state index contributed by atoms with van der Waals surface area (Å²) in [6.07, 6.45) is 3.46. The smallest absolute Gasteiger partial charge is 0.241 e. The number of pyridine rings is 1. The van der Waals surface area contributed by atoms with Crippen molar-refractivity contribution >= 4 is 27.5 Å². The molecule has 3 aromatic rings. The molecule has 0 fully saturated rings. The normalized spacial score (nSPS) is 12.2. The number of nitrogens with one attached hydrogen (secondary N) is 2. The first kappa shape index (κ1) is 23.7. The molecule has 3 rings (SSSR count). The van der Waals surface area contributed by atoms with Gasteiger partial charge < -0.3 is 10.1 Å². The van der Waals surface area contributed by atoms with Gasteiger partial charge in [0, 0.05) is 18.9 Å². The molecule has 2 aromatic carbocycles. The van der Waals surface area contributed by atoms with E-state index in [4.69, 9.17) is 16.3 Å². The number of sulfonamides is 1. The van der Waals surface area contributed by atoms with Crippen molar-refractivity contribution in [2.24, 2.45) is 0 Å². The Morgan fingerprint density at radius 2 is 1.84 bits per heavy atom. The zero-order valence-corrected chi connectivity index (χ0v) is 19.1. The van der Waals surface area contributed by atoms with Gasteiger partial charge in [-0.25, -0.2) is 8.42 Å². The van der Waals surface area contributed by atoms with Gasteiger partial charge in [-0.15, -0.1) is 0 Å². The van der Waals surface area contributed by atoms with Crippen molar-refractivity contribution in [1.82, 2.24) is 15.0 Å². The van der Waals surface area contributed by atoms with E-state index in [1.54, 1.807) is 25.4 Å². The van der Waals surface area contributed by atoms with Gasteiger partial charge in [0.2, 0.25) is 15.9 Å². The summed E-state index contributed by atoms with van der Waals surface area (Å²) in [4.78, 5) is 16.9. The molecule has 0 bridgehead atoms. The number of halogens is 1. The summed E-state index contributed by atoms with van der Waals surface area (Å²) in [5.74, 6) is -0.0542. The number of ether oxygens (including phenoxy) is 1. The number of rotatable bonds is 10. The Balaban J connectivity index is 1.80. The molecule has 168 valence electrons. The fraction of sp³-hybridized carbons (Fsp3) is 0.217. The average molecular weight is 474 g/mol. The highest BCUT2D eigenvalue weighted by Gasteiger charge is 2.26. The van der Waals surface area contributed by atoms with Gasteiger partial charge in [0.15, 0.2) is 0 Å².